The molecule has 0 saturated heterocycles. The molecule has 0 aliphatic heterocycles. The minimum absolute atomic E-state index is 0.00692. The second-order valence-corrected chi connectivity index (χ2v) is 6.29. The number of hydrogen-bond acceptors (Lipinski definition) is 5. The normalized spacial score (nSPS) is 11.6. The van der Waals surface area contributed by atoms with Gasteiger partial charge in [0, 0.05) is 25.2 Å². The second kappa shape index (κ2) is 7.19. The molecule has 0 aliphatic carbocycles. The zero-order chi connectivity index (χ0) is 20.6. The van der Waals surface area contributed by atoms with Crippen molar-refractivity contribution in [2.45, 2.75) is 19.7 Å². The topological polar surface area (TPSA) is 79.3 Å². The molecule has 0 aliphatic rings. The summed E-state index contributed by atoms with van der Waals surface area (Å²) in [5, 5.41) is 3.89. The number of benzene rings is 1. The number of rotatable bonds is 4. The first-order chi connectivity index (χ1) is 13.1. The molecule has 148 valence electrons. The van der Waals surface area contributed by atoms with E-state index in [1.807, 2.05) is 0 Å². The molecule has 0 bridgehead atoms. The first kappa shape index (κ1) is 19.7. The van der Waals surface area contributed by atoms with Crippen molar-refractivity contribution in [2.75, 3.05) is 0 Å². The Kier molecular flexibility index (Phi) is 5.07. The lowest BCUT2D eigenvalue weighted by Gasteiger charge is -2.14. The third-order valence-corrected chi connectivity index (χ3v) is 4.14. The number of alkyl halides is 3. The van der Waals surface area contributed by atoms with E-state index in [9.17, 15) is 22.8 Å². The molecule has 2 aromatic heterocycles. The number of hydrogen-bond donors (Lipinski definition) is 0. The van der Waals surface area contributed by atoms with Gasteiger partial charge < -0.3 is 9.26 Å². The molecule has 2 heterocycles. The summed E-state index contributed by atoms with van der Waals surface area (Å²) in [5.41, 5.74) is -2.97. The molecular formula is C17H13ClF3N3O4. The van der Waals surface area contributed by atoms with Gasteiger partial charge in [0.05, 0.1) is 16.4 Å². The molecule has 11 heteroatoms. The summed E-state index contributed by atoms with van der Waals surface area (Å²) < 4.78 is 50.4. The third-order valence-electron chi connectivity index (χ3n) is 3.83. The van der Waals surface area contributed by atoms with Crippen LogP contribution < -0.4 is 16.0 Å². The smallest absolute Gasteiger partial charge is 0.431 e. The first-order valence-electron chi connectivity index (χ1n) is 7.83. The van der Waals surface area contributed by atoms with Gasteiger partial charge in [0.2, 0.25) is 0 Å². The Balaban J connectivity index is 2.02. The van der Waals surface area contributed by atoms with Crippen molar-refractivity contribution >= 4 is 11.6 Å². The van der Waals surface area contributed by atoms with Crippen molar-refractivity contribution < 1.29 is 22.4 Å². The minimum atomic E-state index is -4.84. The van der Waals surface area contributed by atoms with Crippen molar-refractivity contribution in [1.82, 2.24) is 14.3 Å². The summed E-state index contributed by atoms with van der Waals surface area (Å²) in [6.45, 7) is 1.71. The van der Waals surface area contributed by atoms with Crippen LogP contribution in [0, 0.1) is 6.92 Å². The van der Waals surface area contributed by atoms with E-state index in [-0.39, 0.29) is 23.1 Å². The van der Waals surface area contributed by atoms with Gasteiger partial charge in [-0.2, -0.15) is 13.2 Å². The fourth-order valence-electron chi connectivity index (χ4n) is 2.51. The van der Waals surface area contributed by atoms with Gasteiger partial charge in [0.25, 0.3) is 5.56 Å². The van der Waals surface area contributed by atoms with Gasteiger partial charge in [-0.15, -0.1) is 0 Å². The van der Waals surface area contributed by atoms with Crippen LogP contribution in [0.15, 0.2) is 44.4 Å². The molecule has 0 unspecified atom stereocenters. The monoisotopic (exact) mass is 415 g/mol. The van der Waals surface area contributed by atoms with Gasteiger partial charge in [-0.3, -0.25) is 9.36 Å². The van der Waals surface area contributed by atoms with Crippen molar-refractivity contribution in [3.63, 3.8) is 0 Å². The molecule has 0 saturated carbocycles. The van der Waals surface area contributed by atoms with Crippen LogP contribution >= 0.6 is 11.6 Å². The highest BCUT2D eigenvalue weighted by Crippen LogP contribution is 2.29. The number of aryl methyl sites for hydroxylation is 1. The van der Waals surface area contributed by atoms with E-state index in [2.05, 4.69) is 5.16 Å². The maximum atomic E-state index is 13.0. The van der Waals surface area contributed by atoms with E-state index in [4.69, 9.17) is 20.9 Å². The lowest BCUT2D eigenvalue weighted by Crippen LogP contribution is -2.40. The molecule has 0 amide bonds. The van der Waals surface area contributed by atoms with Gasteiger partial charge in [-0.1, -0.05) is 16.8 Å². The van der Waals surface area contributed by atoms with Crippen LogP contribution in [0.25, 0.3) is 5.69 Å². The van der Waals surface area contributed by atoms with Crippen LogP contribution in [0.3, 0.4) is 0 Å². The average molecular weight is 416 g/mol. The summed E-state index contributed by atoms with van der Waals surface area (Å²) in [5.74, 6) is 0.531. The highest BCUT2D eigenvalue weighted by molar-refractivity contribution is 6.32. The molecule has 28 heavy (non-hydrogen) atoms. The Morgan fingerprint density at radius 1 is 1.21 bits per heavy atom. The first-order valence-corrected chi connectivity index (χ1v) is 8.21. The minimum Gasteiger partial charge on any atom is -0.484 e. The Morgan fingerprint density at radius 2 is 1.93 bits per heavy atom. The van der Waals surface area contributed by atoms with E-state index in [0.717, 1.165) is 7.05 Å². The van der Waals surface area contributed by atoms with Crippen LogP contribution in [0.4, 0.5) is 13.2 Å². The van der Waals surface area contributed by atoms with Crippen molar-refractivity contribution in [3.8, 4) is 11.4 Å². The Hall–Kier alpha value is -3.01. The van der Waals surface area contributed by atoms with Crippen molar-refractivity contribution in [2.24, 2.45) is 7.05 Å². The van der Waals surface area contributed by atoms with Gasteiger partial charge in [-0.25, -0.2) is 9.36 Å². The molecule has 0 fully saturated rings. The second-order valence-electron chi connectivity index (χ2n) is 5.88. The van der Waals surface area contributed by atoms with E-state index in [1.165, 1.54) is 18.2 Å². The van der Waals surface area contributed by atoms with Crippen molar-refractivity contribution in [3.05, 3.63) is 73.3 Å². The number of ether oxygens (including phenoxy) is 1. The number of nitrogens with zero attached hydrogens (tertiary/aromatic N) is 3. The third kappa shape index (κ3) is 3.81. The van der Waals surface area contributed by atoms with E-state index in [1.54, 1.807) is 13.0 Å². The van der Waals surface area contributed by atoms with Crippen LogP contribution in [0.5, 0.6) is 5.75 Å². The largest absolute Gasteiger partial charge is 0.484 e. The maximum Gasteiger partial charge on any atom is 0.431 e. The van der Waals surface area contributed by atoms with Crippen LogP contribution in [0.1, 0.15) is 17.1 Å². The Morgan fingerprint density at radius 3 is 2.54 bits per heavy atom. The summed E-state index contributed by atoms with van der Waals surface area (Å²) in [6, 6.07) is 5.97. The lowest BCUT2D eigenvalue weighted by molar-refractivity contribution is -0.144. The molecule has 7 nitrogen and oxygen atoms in total. The maximum absolute atomic E-state index is 13.0. The van der Waals surface area contributed by atoms with Crippen LogP contribution in [-0.2, 0) is 19.8 Å². The average Bonchev–Trinajstić information content (AvgIpc) is 3.02. The van der Waals surface area contributed by atoms with Crippen LogP contribution in [-0.4, -0.2) is 14.3 Å². The molecule has 3 rings (SSSR count). The van der Waals surface area contributed by atoms with Crippen LogP contribution in [0.2, 0.25) is 5.02 Å². The highest BCUT2D eigenvalue weighted by Gasteiger charge is 2.35. The van der Waals surface area contributed by atoms with Crippen molar-refractivity contribution in [1.29, 1.82) is 0 Å². The van der Waals surface area contributed by atoms with Gasteiger partial charge in [0.1, 0.15) is 18.1 Å². The standard InChI is InChI=1S/C17H13ClF3N3O4/c1-9-5-11(28-22-9)8-27-13-6-10(3-4-12(13)18)24-15(25)7-14(17(19,20)21)23(2)16(24)26/h3-7H,8H2,1-2H3. The molecule has 0 N–H and O–H groups in total. The molecular weight excluding hydrogens is 403 g/mol. The predicted molar refractivity (Wildman–Crippen MR) is 92.9 cm³/mol. The SMILES string of the molecule is Cc1cc(COc2cc(-n3c(=O)cc(C(F)(F)F)n(C)c3=O)ccc2Cl)on1. The van der Waals surface area contributed by atoms with E-state index >= 15 is 0 Å². The highest BCUT2D eigenvalue weighted by atomic mass is 35.5. The fraction of sp³-hybridized carbons (Fsp3) is 0.235. The molecule has 0 spiro atoms. The molecule has 3 aromatic rings. The molecule has 1 aromatic carbocycles. The number of aromatic nitrogens is 3. The Bertz CT molecular complexity index is 1150. The van der Waals surface area contributed by atoms with E-state index in [0.29, 0.717) is 26.7 Å². The molecule has 0 atom stereocenters. The molecule has 0 radical (unpaired) electrons. The van der Waals surface area contributed by atoms with Gasteiger partial charge in [0.15, 0.2) is 5.76 Å². The lowest BCUT2D eigenvalue weighted by atomic mass is 10.3. The fourth-order valence-corrected chi connectivity index (χ4v) is 2.68. The summed E-state index contributed by atoms with van der Waals surface area (Å²) >= 11 is 6.06. The Labute approximate surface area is 160 Å². The summed E-state index contributed by atoms with van der Waals surface area (Å²) in [4.78, 5) is 24.6. The number of halogens is 4. The zero-order valence-corrected chi connectivity index (χ0v) is 15.3. The van der Waals surface area contributed by atoms with Gasteiger partial charge in [-0.05, 0) is 19.1 Å². The van der Waals surface area contributed by atoms with Gasteiger partial charge >= 0.3 is 11.9 Å². The predicted octanol–water partition coefficient (Wildman–Crippen LogP) is 3.08. The summed E-state index contributed by atoms with van der Waals surface area (Å²) in [7, 11) is 0.931. The zero-order valence-electron chi connectivity index (χ0n) is 14.6. The van der Waals surface area contributed by atoms with E-state index < -0.39 is 23.1 Å². The summed E-state index contributed by atoms with van der Waals surface area (Å²) in [6.07, 6.45) is -4.84. The quantitative estimate of drug-likeness (QED) is 0.654.